The van der Waals surface area contributed by atoms with Gasteiger partial charge in [0.25, 0.3) is 0 Å². The van der Waals surface area contributed by atoms with E-state index in [0.29, 0.717) is 5.88 Å². The van der Waals surface area contributed by atoms with Crippen molar-refractivity contribution in [2.75, 3.05) is 0 Å². The van der Waals surface area contributed by atoms with Gasteiger partial charge in [-0.3, -0.25) is 0 Å². The Morgan fingerprint density at radius 2 is 2.00 bits per heavy atom. The van der Waals surface area contributed by atoms with Crippen molar-refractivity contribution in [3.63, 3.8) is 0 Å². The molecule has 0 aliphatic carbocycles. The van der Waals surface area contributed by atoms with Crippen molar-refractivity contribution in [3.8, 4) is 5.88 Å². The highest BCUT2D eigenvalue weighted by Gasteiger charge is 2.18. The molecule has 0 saturated heterocycles. The topological polar surface area (TPSA) is 42.4 Å². The van der Waals surface area contributed by atoms with E-state index >= 15 is 0 Å². The summed E-state index contributed by atoms with van der Waals surface area (Å²) in [5.74, 6) is 0.618. The maximum atomic E-state index is 9.31. The van der Waals surface area contributed by atoms with Crippen molar-refractivity contribution in [1.82, 2.24) is 4.98 Å². The lowest BCUT2D eigenvalue weighted by molar-refractivity contribution is 0.199. The zero-order chi connectivity index (χ0) is 13.8. The first-order valence-corrected chi connectivity index (χ1v) is 6.65. The molecule has 1 heterocycles. The summed E-state index contributed by atoms with van der Waals surface area (Å²) < 4.78 is 5.81. The van der Waals surface area contributed by atoms with Gasteiger partial charge in [-0.2, -0.15) is 0 Å². The van der Waals surface area contributed by atoms with E-state index in [1.165, 1.54) is 0 Å². The van der Waals surface area contributed by atoms with E-state index in [1.54, 1.807) is 0 Å². The number of aliphatic hydroxyl groups is 1. The van der Waals surface area contributed by atoms with E-state index < -0.39 is 0 Å². The highest BCUT2D eigenvalue weighted by atomic mass is 16.5. The smallest absolute Gasteiger partial charge is 0.214 e. The molecule has 0 aromatic carbocycles. The van der Waals surface area contributed by atoms with Crippen LogP contribution in [0.4, 0.5) is 0 Å². The normalized spacial score (nSPS) is 13.4. The van der Waals surface area contributed by atoms with Gasteiger partial charge in [-0.15, -0.1) is 0 Å². The Kier molecular flexibility index (Phi) is 5.15. The van der Waals surface area contributed by atoms with E-state index in [2.05, 4.69) is 32.7 Å². The minimum Gasteiger partial charge on any atom is -0.475 e. The van der Waals surface area contributed by atoms with E-state index in [0.717, 1.165) is 24.1 Å². The fourth-order valence-corrected chi connectivity index (χ4v) is 1.77. The van der Waals surface area contributed by atoms with Crippen LogP contribution in [0.25, 0.3) is 0 Å². The highest BCUT2D eigenvalue weighted by Crippen LogP contribution is 2.25. The van der Waals surface area contributed by atoms with Crippen molar-refractivity contribution < 1.29 is 9.84 Å². The maximum absolute atomic E-state index is 9.31. The van der Waals surface area contributed by atoms with Gasteiger partial charge in [0.1, 0.15) is 0 Å². The van der Waals surface area contributed by atoms with E-state index in [-0.39, 0.29) is 18.1 Å². The summed E-state index contributed by atoms with van der Waals surface area (Å²) in [6.07, 6.45) is 2.26. The van der Waals surface area contributed by atoms with Crippen LogP contribution in [0.1, 0.15) is 58.7 Å². The standard InChI is InChI=1S/C15H25NO2/c1-6-7-11(2)18-14-9-12(10-17)8-13(16-14)15(3,4)5/h8-9,11,17H,6-7,10H2,1-5H3. The zero-order valence-electron chi connectivity index (χ0n) is 12.2. The van der Waals surface area contributed by atoms with Gasteiger partial charge in [-0.25, -0.2) is 4.98 Å². The third-order valence-corrected chi connectivity index (χ3v) is 2.83. The Balaban J connectivity index is 2.97. The van der Waals surface area contributed by atoms with E-state index in [4.69, 9.17) is 4.74 Å². The molecule has 18 heavy (non-hydrogen) atoms. The Labute approximate surface area is 110 Å². The molecule has 0 amide bonds. The minimum absolute atomic E-state index is 0.0180. The predicted molar refractivity (Wildman–Crippen MR) is 73.9 cm³/mol. The summed E-state index contributed by atoms with van der Waals surface area (Å²) >= 11 is 0. The zero-order valence-corrected chi connectivity index (χ0v) is 12.2. The number of aromatic nitrogens is 1. The van der Waals surface area contributed by atoms with Crippen molar-refractivity contribution in [3.05, 3.63) is 23.4 Å². The molecule has 1 unspecified atom stereocenters. The number of rotatable bonds is 5. The first-order chi connectivity index (χ1) is 8.36. The summed E-state index contributed by atoms with van der Waals surface area (Å²) in [5, 5.41) is 9.31. The predicted octanol–water partition coefficient (Wildman–Crippen LogP) is 3.44. The molecule has 1 atom stereocenters. The van der Waals surface area contributed by atoms with Crippen LogP contribution in [-0.2, 0) is 12.0 Å². The molecule has 102 valence electrons. The minimum atomic E-state index is -0.0444. The fourth-order valence-electron chi connectivity index (χ4n) is 1.77. The van der Waals surface area contributed by atoms with E-state index in [9.17, 15) is 5.11 Å². The SMILES string of the molecule is CCCC(C)Oc1cc(CO)cc(C(C)(C)C)n1. The Bertz CT molecular complexity index is 383. The quantitative estimate of drug-likeness (QED) is 0.871. The number of hydrogen-bond acceptors (Lipinski definition) is 3. The van der Waals surface area contributed by atoms with Crippen LogP contribution in [0.5, 0.6) is 5.88 Å². The second kappa shape index (κ2) is 6.19. The van der Waals surface area contributed by atoms with Gasteiger partial charge in [0.2, 0.25) is 5.88 Å². The summed E-state index contributed by atoms with van der Waals surface area (Å²) in [5.41, 5.74) is 1.76. The monoisotopic (exact) mass is 251 g/mol. The molecule has 1 aromatic rings. The average molecular weight is 251 g/mol. The molecule has 1 aromatic heterocycles. The van der Waals surface area contributed by atoms with Crippen LogP contribution in [0.2, 0.25) is 0 Å². The Morgan fingerprint density at radius 1 is 1.33 bits per heavy atom. The highest BCUT2D eigenvalue weighted by molar-refractivity contribution is 5.28. The molecule has 3 nitrogen and oxygen atoms in total. The van der Waals surface area contributed by atoms with Crippen molar-refractivity contribution in [2.24, 2.45) is 0 Å². The lowest BCUT2D eigenvalue weighted by Gasteiger charge is -2.21. The summed E-state index contributed by atoms with van der Waals surface area (Å²) in [7, 11) is 0. The molecule has 0 fully saturated rings. The summed E-state index contributed by atoms with van der Waals surface area (Å²) in [4.78, 5) is 4.54. The number of aliphatic hydroxyl groups excluding tert-OH is 1. The molecule has 0 bridgehead atoms. The van der Waals surface area contributed by atoms with Crippen molar-refractivity contribution >= 4 is 0 Å². The van der Waals surface area contributed by atoms with Crippen LogP contribution in [-0.4, -0.2) is 16.2 Å². The van der Waals surface area contributed by atoms with Crippen LogP contribution in [0.15, 0.2) is 12.1 Å². The average Bonchev–Trinajstić information content (AvgIpc) is 2.27. The number of hydrogen-bond donors (Lipinski definition) is 1. The molecule has 0 spiro atoms. The molecular formula is C15H25NO2. The molecule has 0 aliphatic rings. The summed E-state index contributed by atoms with van der Waals surface area (Å²) in [6, 6.07) is 3.76. The first-order valence-electron chi connectivity index (χ1n) is 6.65. The van der Waals surface area contributed by atoms with Gasteiger partial charge in [-0.1, -0.05) is 34.1 Å². The molecule has 0 radical (unpaired) electrons. The Morgan fingerprint density at radius 3 is 2.50 bits per heavy atom. The van der Waals surface area contributed by atoms with E-state index in [1.807, 2.05) is 19.1 Å². The molecule has 0 aliphatic heterocycles. The molecule has 3 heteroatoms. The third kappa shape index (κ3) is 4.30. The van der Waals surface area contributed by atoms with Crippen LogP contribution >= 0.6 is 0 Å². The lowest BCUT2D eigenvalue weighted by Crippen LogP contribution is -2.17. The third-order valence-electron chi connectivity index (χ3n) is 2.83. The first kappa shape index (κ1) is 15.0. The second-order valence-electron chi connectivity index (χ2n) is 5.82. The Hall–Kier alpha value is -1.09. The van der Waals surface area contributed by atoms with Gasteiger partial charge in [0, 0.05) is 11.5 Å². The number of ether oxygens (including phenoxy) is 1. The summed E-state index contributed by atoms with van der Waals surface area (Å²) in [6.45, 7) is 10.5. The number of pyridine rings is 1. The van der Waals surface area contributed by atoms with Crippen LogP contribution < -0.4 is 4.74 Å². The largest absolute Gasteiger partial charge is 0.475 e. The number of nitrogens with zero attached hydrogens (tertiary/aromatic N) is 1. The van der Waals surface area contributed by atoms with Crippen LogP contribution in [0.3, 0.4) is 0 Å². The molecule has 1 N–H and O–H groups in total. The van der Waals surface area contributed by atoms with Gasteiger partial charge in [-0.05, 0) is 25.0 Å². The molecule has 1 rings (SSSR count). The second-order valence-corrected chi connectivity index (χ2v) is 5.82. The van der Waals surface area contributed by atoms with Crippen LogP contribution in [0, 0.1) is 0 Å². The molecule has 0 saturated carbocycles. The van der Waals surface area contributed by atoms with Gasteiger partial charge < -0.3 is 9.84 Å². The van der Waals surface area contributed by atoms with Gasteiger partial charge >= 0.3 is 0 Å². The molecular weight excluding hydrogens is 226 g/mol. The van der Waals surface area contributed by atoms with Crippen molar-refractivity contribution in [2.45, 2.75) is 65.6 Å². The fraction of sp³-hybridized carbons (Fsp3) is 0.667. The van der Waals surface area contributed by atoms with Gasteiger partial charge in [0.05, 0.1) is 18.4 Å². The lowest BCUT2D eigenvalue weighted by atomic mass is 9.91. The van der Waals surface area contributed by atoms with Gasteiger partial charge in [0.15, 0.2) is 0 Å². The van der Waals surface area contributed by atoms with Crippen molar-refractivity contribution in [1.29, 1.82) is 0 Å². The maximum Gasteiger partial charge on any atom is 0.214 e.